The van der Waals surface area contributed by atoms with Crippen LogP contribution >= 0.6 is 0 Å². The number of rotatable bonds is 2. The number of carbonyl (C=O) groups is 1. The van der Waals surface area contributed by atoms with Crippen molar-refractivity contribution in [2.45, 2.75) is 6.92 Å². The molecule has 0 unspecified atom stereocenters. The van der Waals surface area contributed by atoms with Crippen molar-refractivity contribution in [1.82, 2.24) is 0 Å². The average Bonchev–Trinajstić information content (AvgIpc) is 2.26. The van der Waals surface area contributed by atoms with E-state index in [4.69, 9.17) is 14.2 Å². The van der Waals surface area contributed by atoms with Gasteiger partial charge in [-0.3, -0.25) is 4.79 Å². The third-order valence-corrected chi connectivity index (χ3v) is 1.83. The second-order valence-electron chi connectivity index (χ2n) is 3.03. The highest BCUT2D eigenvalue weighted by Crippen LogP contribution is 2.31. The van der Waals surface area contributed by atoms with Gasteiger partial charge in [0.2, 0.25) is 0 Å². The van der Waals surface area contributed by atoms with Crippen LogP contribution in [0.25, 0.3) is 0 Å². The van der Waals surface area contributed by atoms with Crippen LogP contribution in [-0.4, -0.2) is 12.6 Å². The predicted molar refractivity (Wildman–Crippen MR) is 52.4 cm³/mol. The first-order chi connectivity index (χ1) is 7.25. The van der Waals surface area contributed by atoms with Gasteiger partial charge in [0.15, 0.2) is 23.9 Å². The molecule has 0 aromatic heterocycles. The Balaban J connectivity index is 2.03. The average molecular weight is 206 g/mol. The lowest BCUT2D eigenvalue weighted by atomic mass is 10.3. The van der Waals surface area contributed by atoms with Gasteiger partial charge in [-0.15, -0.1) is 0 Å². The Hall–Kier alpha value is -1.97. The fraction of sp³-hybridized carbons (Fsp3) is 0.182. The van der Waals surface area contributed by atoms with Gasteiger partial charge in [0.1, 0.15) is 6.26 Å². The van der Waals surface area contributed by atoms with Gasteiger partial charge >= 0.3 is 5.97 Å². The number of esters is 1. The Morgan fingerprint density at radius 2 is 2.07 bits per heavy atom. The molecule has 1 aromatic rings. The van der Waals surface area contributed by atoms with Crippen LogP contribution < -0.4 is 9.47 Å². The molecule has 4 nitrogen and oxygen atoms in total. The van der Waals surface area contributed by atoms with E-state index in [9.17, 15) is 4.79 Å². The van der Waals surface area contributed by atoms with E-state index in [2.05, 4.69) is 0 Å². The summed E-state index contributed by atoms with van der Waals surface area (Å²) in [7, 11) is 0. The summed E-state index contributed by atoms with van der Waals surface area (Å²) < 4.78 is 15.5. The molecule has 1 heterocycles. The molecule has 78 valence electrons. The van der Waals surface area contributed by atoms with Gasteiger partial charge in [-0.1, -0.05) is 12.1 Å². The number of hydrogen-bond acceptors (Lipinski definition) is 4. The van der Waals surface area contributed by atoms with Crippen LogP contribution in [0.1, 0.15) is 6.92 Å². The summed E-state index contributed by atoms with van der Waals surface area (Å²) in [5.74, 6) is 1.41. The molecule has 0 saturated heterocycles. The van der Waals surface area contributed by atoms with Crippen LogP contribution in [0, 0.1) is 0 Å². The van der Waals surface area contributed by atoms with Crippen LogP contribution in [0.2, 0.25) is 0 Å². The normalized spacial score (nSPS) is 13.0. The minimum absolute atomic E-state index is 0.0870. The fourth-order valence-corrected chi connectivity index (χ4v) is 1.16. The molecule has 0 atom stereocenters. The number of hydrogen-bond donors (Lipinski definition) is 0. The third-order valence-electron chi connectivity index (χ3n) is 1.83. The summed E-state index contributed by atoms with van der Waals surface area (Å²) in [5, 5.41) is 0. The summed E-state index contributed by atoms with van der Waals surface area (Å²) in [6, 6.07) is 7.29. The second-order valence-corrected chi connectivity index (χ2v) is 3.03. The number of ether oxygens (including phenoxy) is 3. The summed E-state index contributed by atoms with van der Waals surface area (Å²) in [6.07, 6.45) is 1.44. The lowest BCUT2D eigenvalue weighted by molar-refractivity contribution is -0.140. The van der Waals surface area contributed by atoms with Gasteiger partial charge in [0.05, 0.1) is 0 Å². The Labute approximate surface area is 87.1 Å². The maximum Gasteiger partial charge on any atom is 0.303 e. The molecule has 1 aromatic carbocycles. The second kappa shape index (κ2) is 4.04. The number of fused-ring (bicyclic) bond motifs is 1. The van der Waals surface area contributed by atoms with E-state index in [-0.39, 0.29) is 12.6 Å². The molecule has 0 amide bonds. The summed E-state index contributed by atoms with van der Waals surface area (Å²) >= 11 is 0. The molecule has 15 heavy (non-hydrogen) atoms. The molecule has 0 radical (unpaired) electrons. The van der Waals surface area contributed by atoms with Crippen molar-refractivity contribution < 1.29 is 19.0 Å². The largest absolute Gasteiger partial charge is 0.458 e. The highest BCUT2D eigenvalue weighted by molar-refractivity contribution is 5.66. The molecule has 0 aliphatic carbocycles. The van der Waals surface area contributed by atoms with Crippen LogP contribution in [0.3, 0.4) is 0 Å². The first-order valence-electron chi connectivity index (χ1n) is 4.51. The van der Waals surface area contributed by atoms with E-state index in [1.54, 1.807) is 12.1 Å². The van der Waals surface area contributed by atoms with E-state index in [0.717, 1.165) is 0 Å². The topological polar surface area (TPSA) is 44.8 Å². The van der Waals surface area contributed by atoms with Crippen LogP contribution in [0.4, 0.5) is 0 Å². The first-order valence-corrected chi connectivity index (χ1v) is 4.51. The maximum absolute atomic E-state index is 10.6. The maximum atomic E-state index is 10.6. The Morgan fingerprint density at radius 1 is 1.33 bits per heavy atom. The zero-order valence-corrected chi connectivity index (χ0v) is 8.23. The van der Waals surface area contributed by atoms with Crippen LogP contribution in [0.5, 0.6) is 11.5 Å². The molecule has 0 bridgehead atoms. The Bertz CT molecular complexity index is 409. The number of para-hydroxylation sites is 2. The van der Waals surface area contributed by atoms with Gasteiger partial charge < -0.3 is 14.2 Å². The lowest BCUT2D eigenvalue weighted by Gasteiger charge is -2.17. The molecular weight excluding hydrogens is 196 g/mol. The van der Waals surface area contributed by atoms with Gasteiger partial charge in [-0.05, 0) is 12.1 Å². The van der Waals surface area contributed by atoms with Gasteiger partial charge in [-0.25, -0.2) is 0 Å². The summed E-state index contributed by atoms with van der Waals surface area (Å²) in [6.45, 7) is 1.43. The molecular formula is C11H10O4. The van der Waals surface area contributed by atoms with Crippen LogP contribution in [-0.2, 0) is 9.53 Å². The lowest BCUT2D eigenvalue weighted by Crippen LogP contribution is -2.12. The fourth-order valence-electron chi connectivity index (χ4n) is 1.16. The SMILES string of the molecule is CC(=O)OCC1=COc2ccccc2O1. The number of carbonyl (C=O) groups excluding carboxylic acids is 1. The minimum atomic E-state index is -0.349. The molecule has 1 aliphatic rings. The van der Waals surface area contributed by atoms with E-state index in [0.29, 0.717) is 17.3 Å². The molecule has 0 fully saturated rings. The van der Waals surface area contributed by atoms with Gasteiger partial charge in [0, 0.05) is 6.92 Å². The first kappa shape index (κ1) is 9.58. The highest BCUT2D eigenvalue weighted by Gasteiger charge is 2.13. The van der Waals surface area contributed by atoms with E-state index in [1.807, 2.05) is 12.1 Å². The third kappa shape index (κ3) is 2.28. The molecule has 0 saturated carbocycles. The van der Waals surface area contributed by atoms with Crippen molar-refractivity contribution >= 4 is 5.97 Å². The van der Waals surface area contributed by atoms with E-state index < -0.39 is 0 Å². The van der Waals surface area contributed by atoms with Crippen molar-refractivity contribution in [3.63, 3.8) is 0 Å². The minimum Gasteiger partial charge on any atom is -0.458 e. The monoisotopic (exact) mass is 206 g/mol. The smallest absolute Gasteiger partial charge is 0.303 e. The van der Waals surface area contributed by atoms with Crippen LogP contribution in [0.15, 0.2) is 36.3 Å². The Kier molecular flexibility index (Phi) is 2.58. The zero-order valence-electron chi connectivity index (χ0n) is 8.23. The zero-order chi connectivity index (χ0) is 10.7. The molecule has 0 N–H and O–H groups in total. The quantitative estimate of drug-likeness (QED) is 0.693. The molecule has 1 aliphatic heterocycles. The van der Waals surface area contributed by atoms with Crippen molar-refractivity contribution in [2.75, 3.05) is 6.61 Å². The van der Waals surface area contributed by atoms with E-state index >= 15 is 0 Å². The Morgan fingerprint density at radius 3 is 2.80 bits per heavy atom. The summed E-state index contributed by atoms with van der Waals surface area (Å²) in [4.78, 5) is 10.6. The summed E-state index contributed by atoms with van der Waals surface area (Å²) in [5.41, 5.74) is 0. The molecule has 4 heteroatoms. The van der Waals surface area contributed by atoms with Crippen molar-refractivity contribution in [2.24, 2.45) is 0 Å². The number of benzene rings is 1. The molecule has 2 rings (SSSR count). The van der Waals surface area contributed by atoms with Crippen molar-refractivity contribution in [1.29, 1.82) is 0 Å². The highest BCUT2D eigenvalue weighted by atomic mass is 16.6. The van der Waals surface area contributed by atoms with E-state index in [1.165, 1.54) is 13.2 Å². The van der Waals surface area contributed by atoms with Gasteiger partial charge in [-0.2, -0.15) is 0 Å². The van der Waals surface area contributed by atoms with Crippen molar-refractivity contribution in [3.8, 4) is 11.5 Å². The van der Waals surface area contributed by atoms with Crippen molar-refractivity contribution in [3.05, 3.63) is 36.3 Å². The molecule has 0 spiro atoms. The van der Waals surface area contributed by atoms with Gasteiger partial charge in [0.25, 0.3) is 0 Å². The predicted octanol–water partition coefficient (Wildman–Crippen LogP) is 1.86. The standard InChI is InChI=1S/C11H10O4/c1-8(12)13-6-9-7-14-10-4-2-3-5-11(10)15-9/h2-5,7H,6H2,1H3.